The highest BCUT2D eigenvalue weighted by Gasteiger charge is 2.10. The molecule has 2 heteroatoms. The molecular formula is C13H20ClN. The Morgan fingerprint density at radius 2 is 2.00 bits per heavy atom. The molecule has 0 fully saturated rings. The van der Waals surface area contributed by atoms with Crippen molar-refractivity contribution in [3.05, 3.63) is 34.9 Å². The summed E-state index contributed by atoms with van der Waals surface area (Å²) in [6.45, 7) is 5.46. The molecule has 0 unspecified atom stereocenters. The molecule has 1 N–H and O–H groups in total. The maximum atomic E-state index is 6.17. The third kappa shape index (κ3) is 3.84. The van der Waals surface area contributed by atoms with Gasteiger partial charge in [0.15, 0.2) is 0 Å². The van der Waals surface area contributed by atoms with Crippen molar-refractivity contribution >= 4 is 11.6 Å². The molecule has 84 valence electrons. The molecule has 1 nitrogen and oxygen atoms in total. The lowest BCUT2D eigenvalue weighted by Crippen LogP contribution is -2.22. The summed E-state index contributed by atoms with van der Waals surface area (Å²) in [6.07, 6.45) is 3.53. The summed E-state index contributed by atoms with van der Waals surface area (Å²) in [7, 11) is 0. The van der Waals surface area contributed by atoms with Gasteiger partial charge >= 0.3 is 0 Å². The summed E-state index contributed by atoms with van der Waals surface area (Å²) < 4.78 is 0. The van der Waals surface area contributed by atoms with Crippen molar-refractivity contribution in [1.29, 1.82) is 0 Å². The molecule has 0 aliphatic rings. The fraction of sp³-hybridized carbons (Fsp3) is 0.538. The van der Waals surface area contributed by atoms with E-state index in [1.807, 2.05) is 18.2 Å². The Bertz CT molecular complexity index is 286. The normalized spacial score (nSPS) is 12.7. The molecule has 0 radical (unpaired) electrons. The smallest absolute Gasteiger partial charge is 0.0453 e. The quantitative estimate of drug-likeness (QED) is 0.717. The van der Waals surface area contributed by atoms with Crippen LogP contribution in [0, 0.1) is 0 Å². The van der Waals surface area contributed by atoms with Crippen LogP contribution >= 0.6 is 11.6 Å². The molecule has 1 atom stereocenters. The minimum absolute atomic E-state index is 0.394. The van der Waals surface area contributed by atoms with Crippen LogP contribution in [0.15, 0.2) is 24.3 Å². The van der Waals surface area contributed by atoms with Gasteiger partial charge in [0.05, 0.1) is 0 Å². The van der Waals surface area contributed by atoms with Crippen molar-refractivity contribution in [2.45, 2.75) is 39.2 Å². The van der Waals surface area contributed by atoms with Crippen LogP contribution in [0.1, 0.15) is 44.7 Å². The summed E-state index contributed by atoms with van der Waals surface area (Å²) in [6, 6.07) is 8.48. The standard InChI is InChI=1S/C13H20ClN/c1-3-5-10-15-13(4-2)11-8-6-7-9-12(11)14/h6-9,13,15H,3-5,10H2,1-2H3/t13-/m1/s1. The summed E-state index contributed by atoms with van der Waals surface area (Å²) in [5.41, 5.74) is 1.22. The van der Waals surface area contributed by atoms with Gasteiger partial charge in [-0.15, -0.1) is 0 Å². The largest absolute Gasteiger partial charge is 0.310 e. The number of benzene rings is 1. The Balaban J connectivity index is 2.61. The van der Waals surface area contributed by atoms with E-state index < -0.39 is 0 Å². The lowest BCUT2D eigenvalue weighted by atomic mass is 10.0. The van der Waals surface area contributed by atoms with Crippen LogP contribution in [-0.2, 0) is 0 Å². The van der Waals surface area contributed by atoms with E-state index in [-0.39, 0.29) is 0 Å². The topological polar surface area (TPSA) is 12.0 Å². The van der Waals surface area contributed by atoms with E-state index in [0.29, 0.717) is 6.04 Å². The fourth-order valence-electron chi connectivity index (χ4n) is 1.68. The Morgan fingerprint density at radius 3 is 2.60 bits per heavy atom. The maximum absolute atomic E-state index is 6.17. The monoisotopic (exact) mass is 225 g/mol. The molecule has 0 aliphatic heterocycles. The first-order valence-electron chi connectivity index (χ1n) is 5.77. The Kier molecular flexibility index (Phi) is 5.74. The molecule has 0 bridgehead atoms. The highest BCUT2D eigenvalue weighted by atomic mass is 35.5. The van der Waals surface area contributed by atoms with Gasteiger partial charge in [-0.2, -0.15) is 0 Å². The summed E-state index contributed by atoms with van der Waals surface area (Å²) in [5.74, 6) is 0. The van der Waals surface area contributed by atoms with Crippen molar-refractivity contribution in [1.82, 2.24) is 5.32 Å². The van der Waals surface area contributed by atoms with Crippen LogP contribution in [0.3, 0.4) is 0 Å². The lowest BCUT2D eigenvalue weighted by Gasteiger charge is -2.18. The van der Waals surface area contributed by atoms with Gasteiger partial charge in [0.25, 0.3) is 0 Å². The number of hydrogen-bond donors (Lipinski definition) is 1. The third-order valence-electron chi connectivity index (χ3n) is 2.61. The number of halogens is 1. The van der Waals surface area contributed by atoms with E-state index in [0.717, 1.165) is 18.0 Å². The number of hydrogen-bond acceptors (Lipinski definition) is 1. The van der Waals surface area contributed by atoms with Gasteiger partial charge in [-0.3, -0.25) is 0 Å². The van der Waals surface area contributed by atoms with Crippen LogP contribution in [0.2, 0.25) is 5.02 Å². The van der Waals surface area contributed by atoms with Gasteiger partial charge in [0.1, 0.15) is 0 Å². The van der Waals surface area contributed by atoms with E-state index >= 15 is 0 Å². The van der Waals surface area contributed by atoms with Crippen molar-refractivity contribution in [2.24, 2.45) is 0 Å². The van der Waals surface area contributed by atoms with Gasteiger partial charge in [0, 0.05) is 11.1 Å². The Morgan fingerprint density at radius 1 is 1.27 bits per heavy atom. The average Bonchev–Trinajstić information content (AvgIpc) is 2.26. The van der Waals surface area contributed by atoms with Gasteiger partial charge in [-0.25, -0.2) is 0 Å². The van der Waals surface area contributed by atoms with Gasteiger partial charge < -0.3 is 5.32 Å². The molecule has 0 amide bonds. The van der Waals surface area contributed by atoms with E-state index in [1.165, 1.54) is 18.4 Å². The maximum Gasteiger partial charge on any atom is 0.0453 e. The minimum Gasteiger partial charge on any atom is -0.310 e. The average molecular weight is 226 g/mol. The molecule has 0 saturated heterocycles. The Hall–Kier alpha value is -0.530. The van der Waals surface area contributed by atoms with E-state index in [4.69, 9.17) is 11.6 Å². The first-order chi connectivity index (χ1) is 7.29. The summed E-state index contributed by atoms with van der Waals surface area (Å²) in [4.78, 5) is 0. The second-order valence-corrected chi connectivity index (χ2v) is 4.20. The fourth-order valence-corrected chi connectivity index (χ4v) is 1.95. The number of nitrogens with one attached hydrogen (secondary N) is 1. The second kappa shape index (κ2) is 6.86. The summed E-state index contributed by atoms with van der Waals surface area (Å²) >= 11 is 6.17. The predicted octanol–water partition coefficient (Wildman–Crippen LogP) is 4.18. The first kappa shape index (κ1) is 12.5. The molecule has 0 aromatic heterocycles. The van der Waals surface area contributed by atoms with Crippen LogP contribution in [0.4, 0.5) is 0 Å². The zero-order valence-corrected chi connectivity index (χ0v) is 10.3. The van der Waals surface area contributed by atoms with Crippen LogP contribution in [0.5, 0.6) is 0 Å². The molecular weight excluding hydrogens is 206 g/mol. The zero-order valence-electron chi connectivity index (χ0n) is 9.59. The molecule has 1 rings (SSSR count). The zero-order chi connectivity index (χ0) is 11.1. The minimum atomic E-state index is 0.394. The van der Waals surface area contributed by atoms with Crippen molar-refractivity contribution in [3.63, 3.8) is 0 Å². The SMILES string of the molecule is CCCCN[C@H](CC)c1ccccc1Cl. The van der Waals surface area contributed by atoms with Crippen LogP contribution in [0.25, 0.3) is 0 Å². The molecule has 15 heavy (non-hydrogen) atoms. The molecule has 0 saturated carbocycles. The van der Waals surface area contributed by atoms with Crippen LogP contribution < -0.4 is 5.32 Å². The molecule has 0 heterocycles. The lowest BCUT2D eigenvalue weighted by molar-refractivity contribution is 0.508. The number of unbranched alkanes of at least 4 members (excludes halogenated alkanes) is 1. The summed E-state index contributed by atoms with van der Waals surface area (Å²) in [5, 5.41) is 4.41. The molecule has 0 aliphatic carbocycles. The van der Waals surface area contributed by atoms with Crippen molar-refractivity contribution in [2.75, 3.05) is 6.54 Å². The molecule has 0 spiro atoms. The molecule has 1 aromatic carbocycles. The van der Waals surface area contributed by atoms with E-state index in [9.17, 15) is 0 Å². The van der Waals surface area contributed by atoms with E-state index in [1.54, 1.807) is 0 Å². The second-order valence-electron chi connectivity index (χ2n) is 3.79. The number of rotatable bonds is 6. The Labute approximate surface area is 97.8 Å². The van der Waals surface area contributed by atoms with Gasteiger partial charge in [-0.05, 0) is 31.0 Å². The molecule has 1 aromatic rings. The first-order valence-corrected chi connectivity index (χ1v) is 6.15. The highest BCUT2D eigenvalue weighted by molar-refractivity contribution is 6.31. The van der Waals surface area contributed by atoms with Crippen molar-refractivity contribution in [3.8, 4) is 0 Å². The highest BCUT2D eigenvalue weighted by Crippen LogP contribution is 2.24. The van der Waals surface area contributed by atoms with Crippen molar-refractivity contribution < 1.29 is 0 Å². The van der Waals surface area contributed by atoms with E-state index in [2.05, 4.69) is 25.2 Å². The van der Waals surface area contributed by atoms with Gasteiger partial charge in [0.2, 0.25) is 0 Å². The third-order valence-corrected chi connectivity index (χ3v) is 2.95. The van der Waals surface area contributed by atoms with Crippen LogP contribution in [-0.4, -0.2) is 6.54 Å². The van der Waals surface area contributed by atoms with Gasteiger partial charge in [-0.1, -0.05) is 50.1 Å². The predicted molar refractivity (Wildman–Crippen MR) is 67.4 cm³/mol.